The molecule has 1 aromatic heterocycles. The molecule has 0 amide bonds. The molecule has 4 nitrogen and oxygen atoms in total. The molecule has 0 spiro atoms. The van der Waals surface area contributed by atoms with Gasteiger partial charge in [-0.05, 0) is 19.8 Å². The van der Waals surface area contributed by atoms with Crippen molar-refractivity contribution in [1.29, 1.82) is 0 Å². The molecule has 0 saturated carbocycles. The molecule has 108 valence electrons. The maximum absolute atomic E-state index is 4.72. The number of hydrogen-bond acceptors (Lipinski definition) is 4. The van der Waals surface area contributed by atoms with E-state index < -0.39 is 0 Å². The number of nitrogens with one attached hydrogen (secondary N) is 1. The molecular formula is C15H28N4. The Hall–Kier alpha value is -1.32. The van der Waals surface area contributed by atoms with Gasteiger partial charge in [-0.1, -0.05) is 26.7 Å². The summed E-state index contributed by atoms with van der Waals surface area (Å²) in [5, 5.41) is 3.18. The zero-order valence-electron chi connectivity index (χ0n) is 13.1. The molecule has 1 heterocycles. The third-order valence-corrected chi connectivity index (χ3v) is 3.34. The highest BCUT2D eigenvalue weighted by Crippen LogP contribution is 2.23. The van der Waals surface area contributed by atoms with Crippen LogP contribution in [0, 0.1) is 6.92 Å². The van der Waals surface area contributed by atoms with E-state index in [0.717, 1.165) is 42.4 Å². The number of aromatic nitrogens is 2. The first-order valence-electron chi connectivity index (χ1n) is 7.40. The molecule has 0 bridgehead atoms. The first-order valence-corrected chi connectivity index (χ1v) is 7.40. The lowest BCUT2D eigenvalue weighted by molar-refractivity contribution is 0.697. The Morgan fingerprint density at radius 3 is 2.42 bits per heavy atom. The third kappa shape index (κ3) is 4.37. The second-order valence-electron chi connectivity index (χ2n) is 5.07. The van der Waals surface area contributed by atoms with Gasteiger partial charge in [0.1, 0.15) is 17.5 Å². The standard InChI is InChI=1S/C15H28N4/c1-6-8-9-11-19(5)15-12(3)14(16-4)17-13(18-15)10-7-2/h6-11H2,1-5H3,(H,16,17,18). The van der Waals surface area contributed by atoms with Gasteiger partial charge in [0, 0.05) is 32.6 Å². The van der Waals surface area contributed by atoms with E-state index >= 15 is 0 Å². The van der Waals surface area contributed by atoms with Gasteiger partial charge in [-0.15, -0.1) is 0 Å². The van der Waals surface area contributed by atoms with Crippen molar-refractivity contribution in [2.75, 3.05) is 30.9 Å². The Morgan fingerprint density at radius 1 is 1.11 bits per heavy atom. The summed E-state index contributed by atoms with van der Waals surface area (Å²) in [7, 11) is 4.05. The molecule has 4 heteroatoms. The number of hydrogen-bond donors (Lipinski definition) is 1. The van der Waals surface area contributed by atoms with Crippen LogP contribution in [-0.4, -0.2) is 30.6 Å². The van der Waals surface area contributed by atoms with Gasteiger partial charge in [0.25, 0.3) is 0 Å². The van der Waals surface area contributed by atoms with Gasteiger partial charge in [0.2, 0.25) is 0 Å². The van der Waals surface area contributed by atoms with Gasteiger partial charge < -0.3 is 10.2 Å². The average molecular weight is 264 g/mol. The van der Waals surface area contributed by atoms with E-state index in [4.69, 9.17) is 4.98 Å². The SMILES string of the molecule is CCCCCN(C)c1nc(CCC)nc(NC)c1C. The summed E-state index contributed by atoms with van der Waals surface area (Å²) in [6.07, 6.45) is 5.75. The highest BCUT2D eigenvalue weighted by molar-refractivity contribution is 5.58. The summed E-state index contributed by atoms with van der Waals surface area (Å²) < 4.78 is 0. The Labute approximate surface area is 117 Å². The van der Waals surface area contributed by atoms with Crippen LogP contribution in [0.25, 0.3) is 0 Å². The van der Waals surface area contributed by atoms with Gasteiger partial charge in [-0.3, -0.25) is 0 Å². The lowest BCUT2D eigenvalue weighted by Gasteiger charge is -2.22. The van der Waals surface area contributed by atoms with Crippen LogP contribution >= 0.6 is 0 Å². The van der Waals surface area contributed by atoms with Crippen LogP contribution in [-0.2, 0) is 6.42 Å². The molecule has 0 aromatic carbocycles. The first-order chi connectivity index (χ1) is 9.13. The lowest BCUT2D eigenvalue weighted by atomic mass is 10.2. The summed E-state index contributed by atoms with van der Waals surface area (Å²) in [6.45, 7) is 7.54. The highest BCUT2D eigenvalue weighted by Gasteiger charge is 2.13. The summed E-state index contributed by atoms with van der Waals surface area (Å²) in [5.41, 5.74) is 1.14. The lowest BCUT2D eigenvalue weighted by Crippen LogP contribution is -2.22. The second-order valence-corrected chi connectivity index (χ2v) is 5.07. The zero-order valence-corrected chi connectivity index (χ0v) is 13.1. The fraction of sp³-hybridized carbons (Fsp3) is 0.733. The quantitative estimate of drug-likeness (QED) is 0.731. The van der Waals surface area contributed by atoms with Crippen molar-refractivity contribution < 1.29 is 0 Å². The number of rotatable bonds is 8. The van der Waals surface area contributed by atoms with E-state index in [1.54, 1.807) is 0 Å². The molecule has 1 N–H and O–H groups in total. The molecular weight excluding hydrogens is 236 g/mol. The third-order valence-electron chi connectivity index (χ3n) is 3.34. The van der Waals surface area contributed by atoms with Crippen LogP contribution in [0.3, 0.4) is 0 Å². The van der Waals surface area contributed by atoms with Crippen LogP contribution in [0.15, 0.2) is 0 Å². The van der Waals surface area contributed by atoms with Crippen LogP contribution in [0.2, 0.25) is 0 Å². The highest BCUT2D eigenvalue weighted by atomic mass is 15.2. The van der Waals surface area contributed by atoms with Crippen molar-refractivity contribution in [2.45, 2.75) is 52.9 Å². The minimum atomic E-state index is 0.935. The molecule has 1 aromatic rings. The minimum absolute atomic E-state index is 0.935. The zero-order chi connectivity index (χ0) is 14.3. The van der Waals surface area contributed by atoms with Crippen LogP contribution in [0.1, 0.15) is 50.9 Å². The second kappa shape index (κ2) is 7.97. The van der Waals surface area contributed by atoms with Gasteiger partial charge in [-0.25, -0.2) is 9.97 Å². The predicted octanol–water partition coefficient (Wildman–Crippen LogP) is 3.41. The van der Waals surface area contributed by atoms with Crippen LogP contribution in [0.4, 0.5) is 11.6 Å². The molecule has 0 radical (unpaired) electrons. The number of anilines is 2. The van der Waals surface area contributed by atoms with Crippen molar-refractivity contribution in [3.8, 4) is 0 Å². The summed E-state index contributed by atoms with van der Waals surface area (Å²) in [6, 6.07) is 0. The maximum atomic E-state index is 4.72. The van der Waals surface area contributed by atoms with E-state index in [-0.39, 0.29) is 0 Å². The molecule has 0 fully saturated rings. The fourth-order valence-corrected chi connectivity index (χ4v) is 2.21. The topological polar surface area (TPSA) is 41.1 Å². The number of unbranched alkanes of at least 4 members (excludes halogenated alkanes) is 2. The Kier molecular flexibility index (Phi) is 6.60. The number of aryl methyl sites for hydroxylation is 1. The smallest absolute Gasteiger partial charge is 0.137 e. The van der Waals surface area contributed by atoms with E-state index in [9.17, 15) is 0 Å². The molecule has 0 aliphatic rings. The first kappa shape index (κ1) is 15.7. The number of nitrogens with zero attached hydrogens (tertiary/aromatic N) is 3. The maximum Gasteiger partial charge on any atom is 0.137 e. The van der Waals surface area contributed by atoms with Crippen molar-refractivity contribution in [3.05, 3.63) is 11.4 Å². The molecule has 0 saturated heterocycles. The van der Waals surface area contributed by atoms with Gasteiger partial charge >= 0.3 is 0 Å². The minimum Gasteiger partial charge on any atom is -0.373 e. The van der Waals surface area contributed by atoms with Crippen LogP contribution in [0.5, 0.6) is 0 Å². The Bertz CT molecular complexity index is 390. The molecule has 0 aliphatic heterocycles. The molecule has 0 atom stereocenters. The fourth-order valence-electron chi connectivity index (χ4n) is 2.21. The molecule has 1 rings (SSSR count). The molecule has 19 heavy (non-hydrogen) atoms. The monoisotopic (exact) mass is 264 g/mol. The van der Waals surface area contributed by atoms with E-state index in [2.05, 4.69) is 43.0 Å². The van der Waals surface area contributed by atoms with E-state index in [1.165, 1.54) is 19.3 Å². The van der Waals surface area contributed by atoms with Gasteiger partial charge in [0.05, 0.1) is 0 Å². The van der Waals surface area contributed by atoms with Crippen molar-refractivity contribution in [3.63, 3.8) is 0 Å². The largest absolute Gasteiger partial charge is 0.373 e. The normalized spacial score (nSPS) is 10.6. The summed E-state index contributed by atoms with van der Waals surface area (Å²) >= 11 is 0. The average Bonchev–Trinajstić information content (AvgIpc) is 2.41. The Morgan fingerprint density at radius 2 is 1.84 bits per heavy atom. The molecule has 0 aliphatic carbocycles. The van der Waals surface area contributed by atoms with E-state index in [1.807, 2.05) is 7.05 Å². The van der Waals surface area contributed by atoms with Crippen molar-refractivity contribution >= 4 is 11.6 Å². The van der Waals surface area contributed by atoms with Gasteiger partial charge in [0.15, 0.2) is 0 Å². The van der Waals surface area contributed by atoms with E-state index in [0.29, 0.717) is 0 Å². The Balaban J connectivity index is 2.93. The van der Waals surface area contributed by atoms with Crippen molar-refractivity contribution in [1.82, 2.24) is 9.97 Å². The summed E-state index contributed by atoms with van der Waals surface area (Å²) in [4.78, 5) is 11.6. The summed E-state index contributed by atoms with van der Waals surface area (Å²) in [5.74, 6) is 2.96. The predicted molar refractivity (Wildman–Crippen MR) is 83.1 cm³/mol. The van der Waals surface area contributed by atoms with Crippen LogP contribution < -0.4 is 10.2 Å². The molecule has 0 unspecified atom stereocenters. The van der Waals surface area contributed by atoms with Gasteiger partial charge in [-0.2, -0.15) is 0 Å². The van der Waals surface area contributed by atoms with Crippen molar-refractivity contribution in [2.24, 2.45) is 0 Å².